The van der Waals surface area contributed by atoms with Crippen molar-refractivity contribution in [2.45, 2.75) is 38.7 Å². The van der Waals surface area contributed by atoms with Gasteiger partial charge in [-0.05, 0) is 39.7 Å². The monoisotopic (exact) mass is 226 g/mol. The lowest BCUT2D eigenvalue weighted by atomic mass is 9.86. The molecule has 2 fully saturated rings. The first kappa shape index (κ1) is 11.9. The normalized spacial score (nSPS) is 34.1. The number of hydrogen-bond donors (Lipinski definition) is 2. The van der Waals surface area contributed by atoms with Crippen molar-refractivity contribution in [1.82, 2.24) is 10.2 Å². The summed E-state index contributed by atoms with van der Waals surface area (Å²) >= 11 is 0. The Balaban J connectivity index is 1.96. The summed E-state index contributed by atoms with van der Waals surface area (Å²) in [6.07, 6.45) is 2.32. The van der Waals surface area contributed by atoms with E-state index in [0.717, 1.165) is 19.5 Å². The molecule has 0 saturated carbocycles. The number of nitrogens with one attached hydrogen (secondary N) is 1. The predicted molar refractivity (Wildman–Crippen MR) is 62.0 cm³/mol. The summed E-state index contributed by atoms with van der Waals surface area (Å²) in [5.74, 6) is 0.257. The maximum atomic E-state index is 12.3. The van der Waals surface area contributed by atoms with Crippen LogP contribution >= 0.6 is 0 Å². The van der Waals surface area contributed by atoms with Gasteiger partial charge in [-0.15, -0.1) is 0 Å². The molecule has 16 heavy (non-hydrogen) atoms. The number of carbonyl (C=O) groups excluding carboxylic acids is 1. The van der Waals surface area contributed by atoms with Crippen LogP contribution in [0, 0.1) is 5.41 Å². The van der Waals surface area contributed by atoms with Gasteiger partial charge in [-0.1, -0.05) is 0 Å². The minimum atomic E-state index is -0.578. The number of rotatable bonds is 1. The topological polar surface area (TPSA) is 52.6 Å². The highest BCUT2D eigenvalue weighted by Gasteiger charge is 2.41. The number of likely N-dealkylation sites (tertiary alicyclic amines) is 1. The summed E-state index contributed by atoms with van der Waals surface area (Å²) < 4.78 is 0. The summed E-state index contributed by atoms with van der Waals surface area (Å²) in [6.45, 7) is 7.02. The van der Waals surface area contributed by atoms with E-state index in [4.69, 9.17) is 0 Å². The first-order chi connectivity index (χ1) is 7.43. The Morgan fingerprint density at radius 2 is 1.88 bits per heavy atom. The van der Waals surface area contributed by atoms with Crippen molar-refractivity contribution >= 4 is 5.91 Å². The second-order valence-corrected chi connectivity index (χ2v) is 5.78. The van der Waals surface area contributed by atoms with Gasteiger partial charge >= 0.3 is 0 Å². The van der Waals surface area contributed by atoms with Crippen LogP contribution in [0.5, 0.6) is 0 Å². The van der Waals surface area contributed by atoms with E-state index in [0.29, 0.717) is 25.9 Å². The van der Waals surface area contributed by atoms with Crippen molar-refractivity contribution < 1.29 is 9.90 Å². The number of hydrogen-bond acceptors (Lipinski definition) is 3. The van der Waals surface area contributed by atoms with Gasteiger partial charge in [0.05, 0.1) is 11.0 Å². The molecule has 2 N–H and O–H groups in total. The van der Waals surface area contributed by atoms with Crippen LogP contribution in [0.2, 0.25) is 0 Å². The Hall–Kier alpha value is -0.610. The van der Waals surface area contributed by atoms with Crippen molar-refractivity contribution in [3.05, 3.63) is 0 Å². The van der Waals surface area contributed by atoms with E-state index < -0.39 is 5.60 Å². The Kier molecular flexibility index (Phi) is 2.97. The zero-order chi connectivity index (χ0) is 11.8. The number of nitrogens with zero attached hydrogens (tertiary/aromatic N) is 1. The maximum Gasteiger partial charge on any atom is 0.229 e. The number of aliphatic hydroxyl groups is 1. The lowest BCUT2D eigenvalue weighted by Crippen LogP contribution is -2.50. The van der Waals surface area contributed by atoms with Crippen molar-refractivity contribution in [1.29, 1.82) is 0 Å². The molecule has 2 rings (SSSR count). The Labute approximate surface area is 97.0 Å². The smallest absolute Gasteiger partial charge is 0.229 e. The lowest BCUT2D eigenvalue weighted by Gasteiger charge is -2.39. The average Bonchev–Trinajstić information content (AvgIpc) is 2.66. The van der Waals surface area contributed by atoms with Crippen molar-refractivity contribution in [2.24, 2.45) is 5.41 Å². The Bertz CT molecular complexity index is 273. The fraction of sp³-hybridized carbons (Fsp3) is 0.917. The molecule has 0 aromatic carbocycles. The van der Waals surface area contributed by atoms with Gasteiger partial charge in [0.15, 0.2) is 0 Å². The average molecular weight is 226 g/mol. The van der Waals surface area contributed by atoms with E-state index in [1.807, 2.05) is 18.7 Å². The maximum absolute atomic E-state index is 12.3. The summed E-state index contributed by atoms with van der Waals surface area (Å²) in [5, 5.41) is 13.1. The number of amides is 1. The highest BCUT2D eigenvalue weighted by Crippen LogP contribution is 2.30. The van der Waals surface area contributed by atoms with E-state index in [-0.39, 0.29) is 11.3 Å². The summed E-state index contributed by atoms with van der Waals surface area (Å²) in [4.78, 5) is 14.3. The highest BCUT2D eigenvalue weighted by molar-refractivity contribution is 5.83. The third-order valence-electron chi connectivity index (χ3n) is 4.01. The van der Waals surface area contributed by atoms with Gasteiger partial charge in [-0.2, -0.15) is 0 Å². The molecule has 92 valence electrons. The molecular formula is C12H22N2O2. The quantitative estimate of drug-likeness (QED) is 0.679. The summed E-state index contributed by atoms with van der Waals surface area (Å²) in [6, 6.07) is 0. The van der Waals surface area contributed by atoms with Crippen LogP contribution in [0.3, 0.4) is 0 Å². The first-order valence-electron chi connectivity index (χ1n) is 6.16. The van der Waals surface area contributed by atoms with E-state index in [1.54, 1.807) is 0 Å². The highest BCUT2D eigenvalue weighted by atomic mass is 16.3. The molecule has 4 nitrogen and oxygen atoms in total. The van der Waals surface area contributed by atoms with Crippen LogP contribution in [0.15, 0.2) is 0 Å². The molecule has 2 aliphatic rings. The van der Waals surface area contributed by atoms with E-state index in [9.17, 15) is 9.90 Å². The zero-order valence-electron chi connectivity index (χ0n) is 10.3. The summed E-state index contributed by atoms with van der Waals surface area (Å²) in [5.41, 5.74) is -0.797. The van der Waals surface area contributed by atoms with Gasteiger partial charge in [-0.25, -0.2) is 0 Å². The third kappa shape index (κ3) is 2.23. The van der Waals surface area contributed by atoms with Crippen LogP contribution in [0.4, 0.5) is 0 Å². The van der Waals surface area contributed by atoms with E-state index in [2.05, 4.69) is 5.32 Å². The molecule has 1 atom stereocenters. The van der Waals surface area contributed by atoms with Gasteiger partial charge in [0, 0.05) is 19.6 Å². The Morgan fingerprint density at radius 1 is 1.25 bits per heavy atom. The minimum absolute atomic E-state index is 0.219. The molecule has 2 saturated heterocycles. The predicted octanol–water partition coefficient (Wildman–Crippen LogP) is 0.359. The molecule has 2 heterocycles. The fourth-order valence-electron chi connectivity index (χ4n) is 2.57. The van der Waals surface area contributed by atoms with Crippen molar-refractivity contribution in [3.8, 4) is 0 Å². The van der Waals surface area contributed by atoms with Crippen molar-refractivity contribution in [2.75, 3.05) is 26.2 Å². The molecule has 0 spiro atoms. The van der Waals surface area contributed by atoms with Gasteiger partial charge in [0.2, 0.25) is 5.91 Å². The lowest BCUT2D eigenvalue weighted by molar-refractivity contribution is -0.144. The van der Waals surface area contributed by atoms with E-state index >= 15 is 0 Å². The number of carbonyl (C=O) groups is 1. The number of piperidine rings is 1. The second kappa shape index (κ2) is 4.00. The SMILES string of the molecule is CC1(O)CCN(C(=O)C2(C)CCNC2)CC1. The molecule has 2 aliphatic heterocycles. The van der Waals surface area contributed by atoms with E-state index in [1.165, 1.54) is 0 Å². The standard InChI is InChI=1S/C12H22N2O2/c1-11(3-6-13-9-11)10(15)14-7-4-12(2,16)5-8-14/h13,16H,3-9H2,1-2H3. The van der Waals surface area contributed by atoms with Crippen LogP contribution in [-0.2, 0) is 4.79 Å². The van der Waals surface area contributed by atoms with Crippen LogP contribution in [-0.4, -0.2) is 47.7 Å². The van der Waals surface area contributed by atoms with Gasteiger partial charge in [-0.3, -0.25) is 4.79 Å². The first-order valence-corrected chi connectivity index (χ1v) is 6.16. The molecule has 0 aliphatic carbocycles. The molecule has 0 bridgehead atoms. The molecule has 1 unspecified atom stereocenters. The largest absolute Gasteiger partial charge is 0.390 e. The molecule has 0 aromatic heterocycles. The summed E-state index contributed by atoms with van der Waals surface area (Å²) in [7, 11) is 0. The third-order valence-corrected chi connectivity index (χ3v) is 4.01. The van der Waals surface area contributed by atoms with Gasteiger partial charge < -0.3 is 15.3 Å². The second-order valence-electron chi connectivity index (χ2n) is 5.78. The molecule has 0 radical (unpaired) electrons. The van der Waals surface area contributed by atoms with Gasteiger partial charge in [0.25, 0.3) is 0 Å². The van der Waals surface area contributed by atoms with Crippen LogP contribution in [0.1, 0.15) is 33.1 Å². The van der Waals surface area contributed by atoms with Gasteiger partial charge in [0.1, 0.15) is 0 Å². The molecule has 1 amide bonds. The van der Waals surface area contributed by atoms with Crippen molar-refractivity contribution in [3.63, 3.8) is 0 Å². The molecular weight excluding hydrogens is 204 g/mol. The Morgan fingerprint density at radius 3 is 2.38 bits per heavy atom. The fourth-order valence-corrected chi connectivity index (χ4v) is 2.57. The zero-order valence-corrected chi connectivity index (χ0v) is 10.3. The minimum Gasteiger partial charge on any atom is -0.390 e. The van der Waals surface area contributed by atoms with Crippen LogP contribution in [0.25, 0.3) is 0 Å². The molecule has 4 heteroatoms. The molecule has 0 aromatic rings. The van der Waals surface area contributed by atoms with Crippen LogP contribution < -0.4 is 5.32 Å².